The van der Waals surface area contributed by atoms with Crippen LogP contribution in [0.4, 0.5) is 22.7 Å². The molecule has 3 rings (SSSR count). The second-order valence-electron chi connectivity index (χ2n) is 7.63. The van der Waals surface area contributed by atoms with Crippen LogP contribution in [-0.4, -0.2) is 35.7 Å². The lowest BCUT2D eigenvalue weighted by Gasteiger charge is -2.12. The van der Waals surface area contributed by atoms with E-state index in [1.807, 2.05) is 32.0 Å². The molecule has 186 valence electrons. The van der Waals surface area contributed by atoms with Gasteiger partial charge in [0.1, 0.15) is 5.69 Å². The molecule has 0 bridgehead atoms. The average Bonchev–Trinajstić information content (AvgIpc) is 2.85. The normalized spacial score (nSPS) is 10.6. The third-order valence-electron chi connectivity index (χ3n) is 5.12. The molecule has 0 aliphatic heterocycles. The predicted octanol–water partition coefficient (Wildman–Crippen LogP) is 4.59. The van der Waals surface area contributed by atoms with Crippen molar-refractivity contribution < 1.29 is 24.1 Å². The SMILES string of the molecule is COc1cc(C=NNc2ccc([N+](=O)[O-])cc2[N+](=O)[O-])ccc1OCC(=O)Nc1ccc(C)c(C)c1. The Morgan fingerprint density at radius 3 is 2.42 bits per heavy atom. The van der Waals surface area contributed by atoms with E-state index in [4.69, 9.17) is 9.47 Å². The highest BCUT2D eigenvalue weighted by Gasteiger charge is 2.19. The van der Waals surface area contributed by atoms with Gasteiger partial charge in [-0.1, -0.05) is 6.07 Å². The van der Waals surface area contributed by atoms with Crippen molar-refractivity contribution in [2.75, 3.05) is 24.5 Å². The van der Waals surface area contributed by atoms with Crippen LogP contribution in [-0.2, 0) is 4.79 Å². The number of nitrogens with zero attached hydrogens (tertiary/aromatic N) is 3. The van der Waals surface area contributed by atoms with Gasteiger partial charge in [-0.15, -0.1) is 0 Å². The highest BCUT2D eigenvalue weighted by Crippen LogP contribution is 2.30. The Hall–Kier alpha value is -5.00. The Morgan fingerprint density at radius 2 is 1.75 bits per heavy atom. The number of anilines is 2. The van der Waals surface area contributed by atoms with Crippen molar-refractivity contribution in [3.63, 3.8) is 0 Å². The van der Waals surface area contributed by atoms with E-state index in [2.05, 4.69) is 15.8 Å². The molecule has 36 heavy (non-hydrogen) atoms. The number of nitro groups is 2. The third-order valence-corrected chi connectivity index (χ3v) is 5.12. The Balaban J connectivity index is 1.64. The first-order chi connectivity index (χ1) is 17.2. The van der Waals surface area contributed by atoms with Gasteiger partial charge in [0.2, 0.25) is 0 Å². The van der Waals surface area contributed by atoms with Crippen LogP contribution in [0.3, 0.4) is 0 Å². The van der Waals surface area contributed by atoms with Crippen LogP contribution in [0.5, 0.6) is 11.5 Å². The molecule has 0 unspecified atom stereocenters. The minimum absolute atomic E-state index is 0.0106. The van der Waals surface area contributed by atoms with Crippen molar-refractivity contribution in [2.24, 2.45) is 5.10 Å². The van der Waals surface area contributed by atoms with E-state index >= 15 is 0 Å². The predicted molar refractivity (Wildman–Crippen MR) is 134 cm³/mol. The van der Waals surface area contributed by atoms with E-state index < -0.39 is 21.2 Å². The summed E-state index contributed by atoms with van der Waals surface area (Å²) in [5, 5.41) is 28.8. The van der Waals surface area contributed by atoms with Crippen molar-refractivity contribution in [1.29, 1.82) is 0 Å². The molecule has 0 radical (unpaired) electrons. The first-order valence-electron chi connectivity index (χ1n) is 10.6. The summed E-state index contributed by atoms with van der Waals surface area (Å²) >= 11 is 0. The van der Waals surface area contributed by atoms with E-state index in [9.17, 15) is 25.0 Å². The number of hydrogen-bond acceptors (Lipinski definition) is 9. The second kappa shape index (κ2) is 11.4. The van der Waals surface area contributed by atoms with Crippen LogP contribution < -0.4 is 20.2 Å². The molecule has 3 aromatic carbocycles. The lowest BCUT2D eigenvalue weighted by molar-refractivity contribution is -0.393. The molecular weight excluding hydrogens is 470 g/mol. The van der Waals surface area contributed by atoms with Crippen molar-refractivity contribution in [2.45, 2.75) is 13.8 Å². The number of amides is 1. The molecule has 0 aliphatic carbocycles. The fraction of sp³-hybridized carbons (Fsp3) is 0.167. The highest BCUT2D eigenvalue weighted by atomic mass is 16.6. The molecule has 0 atom stereocenters. The number of benzene rings is 3. The van der Waals surface area contributed by atoms with Gasteiger partial charge in [0.05, 0.1) is 29.2 Å². The lowest BCUT2D eigenvalue weighted by Crippen LogP contribution is -2.20. The number of rotatable bonds is 10. The number of carbonyl (C=O) groups excluding carboxylic acids is 1. The second-order valence-corrected chi connectivity index (χ2v) is 7.63. The summed E-state index contributed by atoms with van der Waals surface area (Å²) in [5.74, 6) is 0.350. The molecule has 2 N–H and O–H groups in total. The van der Waals surface area contributed by atoms with Crippen molar-refractivity contribution >= 4 is 34.9 Å². The maximum Gasteiger partial charge on any atom is 0.301 e. The van der Waals surface area contributed by atoms with Gasteiger partial charge in [-0.25, -0.2) is 0 Å². The van der Waals surface area contributed by atoms with E-state index in [1.165, 1.54) is 19.4 Å². The van der Waals surface area contributed by atoms with Crippen LogP contribution in [0.25, 0.3) is 0 Å². The van der Waals surface area contributed by atoms with Gasteiger partial charge in [0, 0.05) is 11.8 Å². The van der Waals surface area contributed by atoms with Crippen molar-refractivity contribution in [3.8, 4) is 11.5 Å². The monoisotopic (exact) mass is 493 g/mol. The molecule has 0 saturated heterocycles. The number of methoxy groups -OCH3 is 1. The Morgan fingerprint density at radius 1 is 0.972 bits per heavy atom. The number of nitrogens with one attached hydrogen (secondary N) is 2. The zero-order valence-corrected chi connectivity index (χ0v) is 19.7. The number of ether oxygens (including phenoxy) is 2. The standard InChI is InChI=1S/C24H23N5O7/c1-15-4-6-18(10-16(15)2)26-24(30)14-36-22-9-5-17(11-23(22)35-3)13-25-27-20-8-7-19(28(31)32)12-21(20)29(33)34/h4-13,27H,14H2,1-3H3,(H,26,30). The molecule has 3 aromatic rings. The molecule has 0 spiro atoms. The van der Waals surface area contributed by atoms with E-state index in [1.54, 1.807) is 18.2 Å². The average molecular weight is 493 g/mol. The van der Waals surface area contributed by atoms with Gasteiger partial charge >= 0.3 is 5.69 Å². The number of carbonyl (C=O) groups is 1. The summed E-state index contributed by atoms with van der Waals surface area (Å²) in [4.78, 5) is 32.9. The first-order valence-corrected chi connectivity index (χ1v) is 10.6. The van der Waals surface area contributed by atoms with Gasteiger partial charge < -0.3 is 14.8 Å². The van der Waals surface area contributed by atoms with Gasteiger partial charge in [0.15, 0.2) is 18.1 Å². The van der Waals surface area contributed by atoms with E-state index in [0.717, 1.165) is 23.3 Å². The zero-order chi connectivity index (χ0) is 26.2. The summed E-state index contributed by atoms with van der Waals surface area (Å²) in [6.07, 6.45) is 1.38. The molecule has 1 amide bonds. The number of nitro benzene ring substituents is 2. The molecule has 0 fully saturated rings. The zero-order valence-electron chi connectivity index (χ0n) is 19.7. The van der Waals surface area contributed by atoms with Gasteiger partial charge in [0.25, 0.3) is 11.6 Å². The molecule has 0 heterocycles. The van der Waals surface area contributed by atoms with E-state index in [0.29, 0.717) is 22.7 Å². The molecule has 12 nitrogen and oxygen atoms in total. The highest BCUT2D eigenvalue weighted by molar-refractivity contribution is 5.92. The largest absolute Gasteiger partial charge is 0.493 e. The fourth-order valence-electron chi connectivity index (χ4n) is 3.10. The molecule has 0 aromatic heterocycles. The van der Waals surface area contributed by atoms with Gasteiger partial charge in [-0.2, -0.15) is 5.10 Å². The molecule has 0 aliphatic rings. The van der Waals surface area contributed by atoms with Gasteiger partial charge in [-0.3, -0.25) is 30.4 Å². The maximum atomic E-state index is 12.3. The van der Waals surface area contributed by atoms with Crippen LogP contribution >= 0.6 is 0 Å². The molecule has 0 saturated carbocycles. The quantitative estimate of drug-likeness (QED) is 0.236. The third kappa shape index (κ3) is 6.53. The minimum atomic E-state index is -0.740. The van der Waals surface area contributed by atoms with Crippen molar-refractivity contribution in [3.05, 3.63) is 91.5 Å². The van der Waals surface area contributed by atoms with Crippen molar-refractivity contribution in [1.82, 2.24) is 0 Å². The maximum absolute atomic E-state index is 12.3. The summed E-state index contributed by atoms with van der Waals surface area (Å²) in [7, 11) is 1.44. The van der Waals surface area contributed by atoms with Crippen LogP contribution in [0.15, 0.2) is 59.7 Å². The summed E-state index contributed by atoms with van der Waals surface area (Å²) in [6.45, 7) is 3.71. The molecule has 12 heteroatoms. The Bertz CT molecular complexity index is 1340. The molecular formula is C24H23N5O7. The lowest BCUT2D eigenvalue weighted by atomic mass is 10.1. The Labute approximate surface area is 205 Å². The van der Waals surface area contributed by atoms with Crippen LogP contribution in [0.2, 0.25) is 0 Å². The fourth-order valence-corrected chi connectivity index (χ4v) is 3.10. The smallest absolute Gasteiger partial charge is 0.301 e. The van der Waals surface area contributed by atoms with Crippen LogP contribution in [0, 0.1) is 34.1 Å². The topological polar surface area (TPSA) is 158 Å². The number of aryl methyl sites for hydroxylation is 2. The summed E-state index contributed by atoms with van der Waals surface area (Å²) in [6, 6.07) is 13.6. The summed E-state index contributed by atoms with van der Waals surface area (Å²) in [5.41, 5.74) is 5.04. The van der Waals surface area contributed by atoms with Gasteiger partial charge in [-0.05, 0) is 66.9 Å². The Kier molecular flexibility index (Phi) is 8.13. The number of hydrazone groups is 1. The minimum Gasteiger partial charge on any atom is -0.493 e. The summed E-state index contributed by atoms with van der Waals surface area (Å²) < 4.78 is 10.9. The first kappa shape index (κ1) is 25.6. The van der Waals surface area contributed by atoms with E-state index in [-0.39, 0.29) is 18.2 Å². The number of hydrogen-bond donors (Lipinski definition) is 2. The number of non-ortho nitro benzene ring substituents is 1. The van der Waals surface area contributed by atoms with Crippen LogP contribution in [0.1, 0.15) is 16.7 Å².